The Morgan fingerprint density at radius 2 is 1.90 bits per heavy atom. The molecule has 1 aromatic carbocycles. The number of hydrogen-bond acceptors (Lipinski definition) is 2. The number of alkyl halides is 3. The number of nitrogens with zero attached hydrogens (tertiary/aromatic N) is 1. The summed E-state index contributed by atoms with van der Waals surface area (Å²) in [6.45, 7) is 1.29. The van der Waals surface area contributed by atoms with Gasteiger partial charge in [0.05, 0.1) is 0 Å². The van der Waals surface area contributed by atoms with Crippen LogP contribution < -0.4 is 4.74 Å². The molecule has 2 unspecified atom stereocenters. The number of amides is 1. The highest BCUT2D eigenvalue weighted by atomic mass is 19.4. The Hall–Kier alpha value is -1.79. The summed E-state index contributed by atoms with van der Waals surface area (Å²) in [5.74, 6) is -1.40. The first kappa shape index (κ1) is 13.2. The molecule has 2 fully saturated rings. The molecule has 0 bridgehead atoms. The first-order chi connectivity index (χ1) is 9.33. The van der Waals surface area contributed by atoms with Gasteiger partial charge in [-0.1, -0.05) is 0 Å². The Bertz CT molecular complexity index is 548. The lowest BCUT2D eigenvalue weighted by Gasteiger charge is -2.18. The average molecular weight is 289 g/mol. The van der Waals surface area contributed by atoms with E-state index in [4.69, 9.17) is 0 Å². The van der Waals surface area contributed by atoms with Crippen molar-refractivity contribution in [2.75, 3.05) is 13.1 Å². The second kappa shape index (κ2) is 4.36. The van der Waals surface area contributed by atoms with E-state index >= 15 is 0 Å². The van der Waals surface area contributed by atoms with E-state index in [9.17, 15) is 22.4 Å². The van der Waals surface area contributed by atoms with E-state index in [0.29, 0.717) is 24.9 Å². The second-order valence-electron chi connectivity index (χ2n) is 5.16. The van der Waals surface area contributed by atoms with Gasteiger partial charge in [0.25, 0.3) is 5.91 Å². The van der Waals surface area contributed by atoms with Gasteiger partial charge in [-0.25, -0.2) is 4.39 Å². The maximum Gasteiger partial charge on any atom is 0.573 e. The Morgan fingerprint density at radius 1 is 1.25 bits per heavy atom. The van der Waals surface area contributed by atoms with E-state index in [1.54, 1.807) is 4.90 Å². The number of ether oxygens (including phenoxy) is 1. The first-order valence-electron chi connectivity index (χ1n) is 6.18. The molecular formula is C13H11F4NO2. The molecule has 3 nitrogen and oxygen atoms in total. The van der Waals surface area contributed by atoms with Gasteiger partial charge in [-0.2, -0.15) is 0 Å². The topological polar surface area (TPSA) is 29.5 Å². The van der Waals surface area contributed by atoms with Crippen LogP contribution in [0.4, 0.5) is 17.6 Å². The number of benzene rings is 1. The fraction of sp³-hybridized carbons (Fsp3) is 0.462. The molecule has 0 spiro atoms. The van der Waals surface area contributed by atoms with Crippen molar-refractivity contribution in [3.05, 3.63) is 29.6 Å². The van der Waals surface area contributed by atoms with Crippen LogP contribution in [0.1, 0.15) is 16.8 Å². The molecule has 20 heavy (non-hydrogen) atoms. The minimum Gasteiger partial charge on any atom is -0.403 e. The molecule has 1 amide bonds. The lowest BCUT2D eigenvalue weighted by atomic mass is 10.2. The van der Waals surface area contributed by atoms with E-state index in [1.165, 1.54) is 0 Å². The lowest BCUT2D eigenvalue weighted by molar-refractivity contribution is -0.275. The number of halogens is 4. The number of carbonyl (C=O) groups excluding carboxylic acids is 1. The smallest absolute Gasteiger partial charge is 0.403 e. The SMILES string of the molecule is O=C(c1ccc(OC(F)(F)F)c(F)c1)N1CC2CC2C1. The summed E-state index contributed by atoms with van der Waals surface area (Å²) in [6.07, 6.45) is -3.83. The van der Waals surface area contributed by atoms with Crippen LogP contribution in [0.15, 0.2) is 18.2 Å². The minimum absolute atomic E-state index is 0.0401. The zero-order valence-electron chi connectivity index (χ0n) is 10.3. The van der Waals surface area contributed by atoms with Gasteiger partial charge in [0.15, 0.2) is 11.6 Å². The number of hydrogen-bond donors (Lipinski definition) is 0. The highest BCUT2D eigenvalue weighted by Gasteiger charge is 2.46. The van der Waals surface area contributed by atoms with Gasteiger partial charge in [0.2, 0.25) is 0 Å². The zero-order chi connectivity index (χ0) is 14.5. The second-order valence-corrected chi connectivity index (χ2v) is 5.16. The van der Waals surface area contributed by atoms with E-state index < -0.39 is 17.9 Å². The van der Waals surface area contributed by atoms with Crippen LogP contribution in [0.5, 0.6) is 5.75 Å². The summed E-state index contributed by atoms with van der Waals surface area (Å²) in [7, 11) is 0. The van der Waals surface area contributed by atoms with Crippen molar-refractivity contribution >= 4 is 5.91 Å². The lowest BCUT2D eigenvalue weighted by Crippen LogP contribution is -2.30. The normalized spacial score (nSPS) is 24.5. The van der Waals surface area contributed by atoms with Gasteiger partial charge in [-0.3, -0.25) is 4.79 Å². The maximum atomic E-state index is 13.5. The standard InChI is InChI=1S/C13H11F4NO2/c14-10-4-7(1-2-11(10)20-13(15,16)17)12(19)18-5-8-3-9(8)6-18/h1-2,4,8-9H,3,5-6H2. The number of piperidine rings is 1. The van der Waals surface area contributed by atoms with E-state index in [-0.39, 0.29) is 11.5 Å². The molecule has 1 heterocycles. The molecular weight excluding hydrogens is 278 g/mol. The zero-order valence-corrected chi connectivity index (χ0v) is 10.3. The highest BCUT2D eigenvalue weighted by molar-refractivity contribution is 5.94. The summed E-state index contributed by atoms with van der Waals surface area (Å²) < 4.78 is 53.1. The molecule has 108 valence electrons. The van der Waals surface area contributed by atoms with Crippen LogP contribution in [-0.2, 0) is 0 Å². The van der Waals surface area contributed by atoms with Gasteiger partial charge >= 0.3 is 6.36 Å². The maximum absolute atomic E-state index is 13.5. The van der Waals surface area contributed by atoms with Crippen molar-refractivity contribution in [3.63, 3.8) is 0 Å². The molecule has 1 aliphatic heterocycles. The van der Waals surface area contributed by atoms with Gasteiger partial charge in [-0.15, -0.1) is 13.2 Å². The number of rotatable bonds is 2. The molecule has 1 aromatic rings. The van der Waals surface area contributed by atoms with E-state index in [2.05, 4.69) is 4.74 Å². The number of likely N-dealkylation sites (tertiary alicyclic amines) is 1. The van der Waals surface area contributed by atoms with Gasteiger partial charge in [0.1, 0.15) is 0 Å². The van der Waals surface area contributed by atoms with Crippen molar-refractivity contribution in [1.29, 1.82) is 0 Å². The monoisotopic (exact) mass is 289 g/mol. The molecule has 1 saturated carbocycles. The van der Waals surface area contributed by atoms with Crippen LogP contribution in [0, 0.1) is 17.7 Å². The summed E-state index contributed by atoms with van der Waals surface area (Å²) in [6, 6.07) is 2.76. The van der Waals surface area contributed by atoms with Crippen molar-refractivity contribution in [3.8, 4) is 5.75 Å². The van der Waals surface area contributed by atoms with Crippen LogP contribution in [0.25, 0.3) is 0 Å². The number of carbonyl (C=O) groups is 1. The summed E-state index contributed by atoms with van der Waals surface area (Å²) in [5, 5.41) is 0. The molecule has 7 heteroatoms. The Labute approximate surface area is 112 Å². The summed E-state index contributed by atoms with van der Waals surface area (Å²) in [4.78, 5) is 13.7. The van der Waals surface area contributed by atoms with E-state index in [1.807, 2.05) is 0 Å². The third-order valence-electron chi connectivity index (χ3n) is 3.67. The van der Waals surface area contributed by atoms with Gasteiger partial charge < -0.3 is 9.64 Å². The average Bonchev–Trinajstić information content (AvgIpc) is 2.96. The van der Waals surface area contributed by atoms with Crippen molar-refractivity contribution in [2.24, 2.45) is 11.8 Å². The molecule has 0 aromatic heterocycles. The van der Waals surface area contributed by atoms with Crippen molar-refractivity contribution < 1.29 is 27.1 Å². The minimum atomic E-state index is -4.96. The predicted molar refractivity (Wildman–Crippen MR) is 60.6 cm³/mol. The van der Waals surface area contributed by atoms with Crippen LogP contribution >= 0.6 is 0 Å². The Morgan fingerprint density at radius 3 is 2.45 bits per heavy atom. The van der Waals surface area contributed by atoms with E-state index in [0.717, 1.165) is 24.6 Å². The van der Waals surface area contributed by atoms with Gasteiger partial charge in [-0.05, 0) is 36.5 Å². The van der Waals surface area contributed by atoms with Crippen LogP contribution in [-0.4, -0.2) is 30.3 Å². The van der Waals surface area contributed by atoms with Crippen molar-refractivity contribution in [1.82, 2.24) is 4.90 Å². The quantitative estimate of drug-likeness (QED) is 0.784. The molecule has 3 rings (SSSR count). The Balaban J connectivity index is 1.74. The fourth-order valence-corrected chi connectivity index (χ4v) is 2.59. The number of fused-ring (bicyclic) bond motifs is 1. The fourth-order valence-electron chi connectivity index (χ4n) is 2.59. The molecule has 0 N–H and O–H groups in total. The highest BCUT2D eigenvalue weighted by Crippen LogP contribution is 2.45. The van der Waals surface area contributed by atoms with Crippen LogP contribution in [0.3, 0.4) is 0 Å². The summed E-state index contributed by atoms with van der Waals surface area (Å²) >= 11 is 0. The summed E-state index contributed by atoms with van der Waals surface area (Å²) in [5.41, 5.74) is 0.0401. The van der Waals surface area contributed by atoms with Crippen molar-refractivity contribution in [2.45, 2.75) is 12.8 Å². The van der Waals surface area contributed by atoms with Gasteiger partial charge in [0, 0.05) is 18.7 Å². The first-order valence-corrected chi connectivity index (χ1v) is 6.18. The van der Waals surface area contributed by atoms with Crippen LogP contribution in [0.2, 0.25) is 0 Å². The molecule has 1 saturated heterocycles. The predicted octanol–water partition coefficient (Wildman–Crippen LogP) is 2.82. The third-order valence-corrected chi connectivity index (χ3v) is 3.67. The molecule has 2 aliphatic rings. The largest absolute Gasteiger partial charge is 0.573 e. The molecule has 1 aliphatic carbocycles. The molecule has 2 atom stereocenters. The Kier molecular flexibility index (Phi) is 2.88. The third kappa shape index (κ3) is 2.57. The molecule has 0 radical (unpaired) electrons.